The van der Waals surface area contributed by atoms with Gasteiger partial charge in [-0.2, -0.15) is 0 Å². The first-order valence-electron chi connectivity index (χ1n) is 25.6. The van der Waals surface area contributed by atoms with Crippen molar-refractivity contribution in [1.82, 2.24) is 0 Å². The van der Waals surface area contributed by atoms with E-state index in [4.69, 9.17) is 0 Å². The maximum absolute atomic E-state index is 4.07. The lowest BCUT2D eigenvalue weighted by molar-refractivity contribution is 0.590. The molecule has 1 nitrogen and oxygen atoms in total. The van der Waals surface area contributed by atoms with Crippen LogP contribution in [0.1, 0.15) is 73.4 Å². The van der Waals surface area contributed by atoms with Crippen molar-refractivity contribution in [1.29, 1.82) is 0 Å². The molecule has 0 aliphatic heterocycles. The SMILES string of the molecule is CC(C)(C)Nc1ccc(C(C)(C)C)cc1-c1c2cc3c(cc2c(-c2cccc(C(C)(C)C)c2)c2c4cc5cc(-c6ccccc6)cc6ccc7ccc(c12)c4c7c65)c1cccc2c4ccccc4cc3c21. The summed E-state index contributed by atoms with van der Waals surface area (Å²) in [5.41, 5.74) is 11.1. The van der Waals surface area contributed by atoms with Gasteiger partial charge in [-0.05, 0) is 221 Å². The quantitative estimate of drug-likeness (QED) is 0.174. The van der Waals surface area contributed by atoms with Crippen LogP contribution in [0.4, 0.5) is 5.69 Å². The molecule has 0 fully saturated rings. The summed E-state index contributed by atoms with van der Waals surface area (Å²) in [6, 6.07) is 68.2. The Labute approximate surface area is 415 Å². The topological polar surface area (TPSA) is 12.0 Å². The number of anilines is 1. The molecule has 14 rings (SSSR count). The van der Waals surface area contributed by atoms with Gasteiger partial charge in [0, 0.05) is 22.4 Å². The van der Waals surface area contributed by atoms with Gasteiger partial charge in [-0.1, -0.05) is 169 Å². The lowest BCUT2D eigenvalue weighted by atomic mass is 9.80. The molecule has 0 radical (unpaired) electrons. The van der Waals surface area contributed by atoms with Crippen molar-refractivity contribution in [2.45, 2.75) is 78.7 Å². The number of hydrogen-bond acceptors (Lipinski definition) is 1. The highest BCUT2D eigenvalue weighted by molar-refractivity contribution is 6.46. The van der Waals surface area contributed by atoms with Gasteiger partial charge < -0.3 is 5.32 Å². The summed E-state index contributed by atoms with van der Waals surface area (Å²) in [5.74, 6) is 0. The third-order valence-corrected chi connectivity index (χ3v) is 15.9. The Morgan fingerprint density at radius 1 is 0.282 bits per heavy atom. The smallest absolute Gasteiger partial charge is 0.0424 e. The Kier molecular flexibility index (Phi) is 8.57. The molecule has 0 aromatic heterocycles. The Hall–Kier alpha value is -7.74. The Balaban J connectivity index is 1.28. The molecule has 0 amide bonds. The fourth-order valence-electron chi connectivity index (χ4n) is 12.7. The molecular weight excluding hydrogens is 855 g/mol. The van der Waals surface area contributed by atoms with Crippen LogP contribution in [0.25, 0.3) is 141 Å². The minimum Gasteiger partial charge on any atom is -0.380 e. The van der Waals surface area contributed by atoms with Gasteiger partial charge in [0.2, 0.25) is 0 Å². The van der Waals surface area contributed by atoms with Crippen molar-refractivity contribution in [3.63, 3.8) is 0 Å². The monoisotopic (exact) mass is 911 g/mol. The maximum Gasteiger partial charge on any atom is 0.0424 e. The zero-order chi connectivity index (χ0) is 48.5. The predicted molar refractivity (Wildman–Crippen MR) is 312 cm³/mol. The third kappa shape index (κ3) is 6.18. The van der Waals surface area contributed by atoms with Crippen molar-refractivity contribution in [2.75, 3.05) is 5.32 Å². The molecule has 0 atom stereocenters. The van der Waals surface area contributed by atoms with E-state index in [-0.39, 0.29) is 16.4 Å². The van der Waals surface area contributed by atoms with E-state index in [1.165, 1.54) is 152 Å². The molecule has 1 N–H and O–H groups in total. The standard InChI is InChI=1S/C70H57N/c1-68(2,3)46-21-15-20-42(33-46)61-55-37-52-50-24-16-23-49-48-22-14-13-19-41(48)34-54(63(49)50)53(52)38-56(55)65(57-36-47(69(4,5)6)28-30-59(57)71-70(7,8)9)66-51-29-27-40-25-26-43-31-44(39-17-11-10-12-18-39)32-45-35-58(67(61)66)64(51)62(40)60(43)45/h10-38,71H,1-9H3. The third-order valence-electron chi connectivity index (χ3n) is 15.9. The van der Waals surface area contributed by atoms with Crippen LogP contribution in [-0.2, 0) is 10.8 Å². The second kappa shape index (κ2) is 14.4. The fraction of sp³-hybridized carbons (Fsp3) is 0.171. The molecule has 14 aromatic carbocycles. The number of fused-ring (bicyclic) bond motifs is 9. The van der Waals surface area contributed by atoms with Gasteiger partial charge >= 0.3 is 0 Å². The molecular formula is C70H57N. The highest BCUT2D eigenvalue weighted by Crippen LogP contribution is 2.57. The Morgan fingerprint density at radius 2 is 0.887 bits per heavy atom. The van der Waals surface area contributed by atoms with E-state index in [0.717, 1.165) is 5.69 Å². The first-order chi connectivity index (χ1) is 34.1. The van der Waals surface area contributed by atoms with E-state index in [1.807, 2.05) is 0 Å². The van der Waals surface area contributed by atoms with Crippen molar-refractivity contribution in [3.05, 3.63) is 187 Å². The average Bonchev–Trinajstić information content (AvgIpc) is 3.84. The fourth-order valence-corrected chi connectivity index (χ4v) is 12.7. The molecule has 0 unspecified atom stereocenters. The minimum absolute atomic E-state index is 0.0436. The van der Waals surface area contributed by atoms with Gasteiger partial charge in [0.1, 0.15) is 0 Å². The molecule has 0 spiro atoms. The molecule has 0 heterocycles. The number of nitrogens with one attached hydrogen (secondary N) is 1. The lowest BCUT2D eigenvalue weighted by Crippen LogP contribution is -2.26. The molecule has 0 saturated heterocycles. The van der Waals surface area contributed by atoms with Crippen LogP contribution in [0.3, 0.4) is 0 Å². The summed E-state index contributed by atoms with van der Waals surface area (Å²) in [4.78, 5) is 0. The van der Waals surface area contributed by atoms with Crippen molar-refractivity contribution in [2.24, 2.45) is 0 Å². The highest BCUT2D eigenvalue weighted by atomic mass is 15.0. The van der Waals surface area contributed by atoms with E-state index in [9.17, 15) is 0 Å². The van der Waals surface area contributed by atoms with Crippen molar-refractivity contribution < 1.29 is 0 Å². The zero-order valence-electron chi connectivity index (χ0n) is 42.2. The van der Waals surface area contributed by atoms with E-state index in [1.54, 1.807) is 0 Å². The summed E-state index contributed by atoms with van der Waals surface area (Å²) in [6.45, 7) is 20.9. The van der Waals surface area contributed by atoms with Crippen LogP contribution < -0.4 is 5.32 Å². The van der Waals surface area contributed by atoms with Crippen LogP contribution >= 0.6 is 0 Å². The summed E-state index contributed by atoms with van der Waals surface area (Å²) >= 11 is 0. The van der Waals surface area contributed by atoms with E-state index >= 15 is 0 Å². The number of hydrogen-bond donors (Lipinski definition) is 1. The van der Waals surface area contributed by atoms with Crippen LogP contribution in [0.5, 0.6) is 0 Å². The normalized spacial score (nSPS) is 13.1. The van der Waals surface area contributed by atoms with Crippen molar-refractivity contribution in [3.8, 4) is 33.4 Å². The van der Waals surface area contributed by atoms with Crippen LogP contribution in [0.2, 0.25) is 0 Å². The molecule has 0 saturated carbocycles. The summed E-state index contributed by atoms with van der Waals surface area (Å²) in [7, 11) is 0. The Bertz CT molecular complexity index is 4510. The Morgan fingerprint density at radius 3 is 1.66 bits per heavy atom. The molecule has 0 bridgehead atoms. The second-order valence-corrected chi connectivity index (χ2v) is 23.8. The van der Waals surface area contributed by atoms with Crippen LogP contribution in [-0.4, -0.2) is 5.54 Å². The van der Waals surface area contributed by atoms with Gasteiger partial charge in [-0.25, -0.2) is 0 Å². The van der Waals surface area contributed by atoms with Crippen LogP contribution in [0, 0.1) is 0 Å². The minimum atomic E-state index is -0.185. The lowest BCUT2D eigenvalue weighted by Gasteiger charge is -2.28. The molecule has 342 valence electrons. The highest BCUT2D eigenvalue weighted by Gasteiger charge is 2.30. The van der Waals surface area contributed by atoms with E-state index in [2.05, 4.69) is 244 Å². The second-order valence-electron chi connectivity index (χ2n) is 23.8. The van der Waals surface area contributed by atoms with Gasteiger partial charge in [-0.3, -0.25) is 0 Å². The summed E-state index contributed by atoms with van der Waals surface area (Å²) < 4.78 is 0. The van der Waals surface area contributed by atoms with Crippen LogP contribution in [0.15, 0.2) is 176 Å². The summed E-state index contributed by atoms with van der Waals surface area (Å²) in [5, 5.41) is 30.3. The number of benzene rings is 12. The van der Waals surface area contributed by atoms with Gasteiger partial charge in [0.15, 0.2) is 0 Å². The molecule has 71 heavy (non-hydrogen) atoms. The van der Waals surface area contributed by atoms with Crippen molar-refractivity contribution >= 4 is 113 Å². The summed E-state index contributed by atoms with van der Waals surface area (Å²) in [6.07, 6.45) is 0. The van der Waals surface area contributed by atoms with E-state index < -0.39 is 0 Å². The molecule has 0 aliphatic rings. The van der Waals surface area contributed by atoms with E-state index in [0.29, 0.717) is 0 Å². The average molecular weight is 912 g/mol. The molecule has 0 aliphatic carbocycles. The van der Waals surface area contributed by atoms with Gasteiger partial charge in [0.25, 0.3) is 0 Å². The molecule has 14 aromatic rings. The number of rotatable bonds is 4. The first-order valence-corrected chi connectivity index (χ1v) is 25.6. The van der Waals surface area contributed by atoms with Gasteiger partial charge in [-0.15, -0.1) is 0 Å². The first kappa shape index (κ1) is 42.2. The van der Waals surface area contributed by atoms with Gasteiger partial charge in [0.05, 0.1) is 0 Å². The predicted octanol–water partition coefficient (Wildman–Crippen LogP) is 20.3. The maximum atomic E-state index is 4.07. The largest absolute Gasteiger partial charge is 0.380 e. The molecule has 1 heteroatoms. The zero-order valence-corrected chi connectivity index (χ0v) is 42.2.